The summed E-state index contributed by atoms with van der Waals surface area (Å²) in [5.41, 5.74) is 1.17. The van der Waals surface area contributed by atoms with E-state index in [1.54, 1.807) is 18.2 Å². The molecule has 0 saturated carbocycles. The summed E-state index contributed by atoms with van der Waals surface area (Å²) >= 11 is 0. The van der Waals surface area contributed by atoms with Crippen molar-refractivity contribution < 1.29 is 9.90 Å². The molecule has 19 heavy (non-hydrogen) atoms. The van der Waals surface area contributed by atoms with Gasteiger partial charge in [-0.15, -0.1) is 0 Å². The maximum Gasteiger partial charge on any atom is 0.335 e. The molecule has 6 heteroatoms. The maximum absolute atomic E-state index is 11.0. The van der Waals surface area contributed by atoms with Gasteiger partial charge >= 0.3 is 5.97 Å². The molecule has 2 aromatic rings. The van der Waals surface area contributed by atoms with E-state index in [0.29, 0.717) is 5.56 Å². The van der Waals surface area contributed by atoms with Crippen LogP contribution in [0.5, 0.6) is 0 Å². The summed E-state index contributed by atoms with van der Waals surface area (Å²) in [4.78, 5) is 15.5. The molecule has 3 rings (SSSR count). The van der Waals surface area contributed by atoms with E-state index in [9.17, 15) is 4.79 Å². The van der Waals surface area contributed by atoms with Gasteiger partial charge in [0.05, 0.1) is 11.1 Å². The molecule has 1 aliphatic heterocycles. The molecule has 0 spiro atoms. The fourth-order valence-corrected chi connectivity index (χ4v) is 2.39. The highest BCUT2D eigenvalue weighted by Gasteiger charge is 2.19. The number of carbonyl (C=O) groups is 1. The zero-order valence-corrected chi connectivity index (χ0v) is 10.8. The van der Waals surface area contributed by atoms with Crippen molar-refractivity contribution in [1.82, 2.24) is 15.1 Å². The summed E-state index contributed by atoms with van der Waals surface area (Å²) in [5.74, 6) is -0.0568. The van der Waals surface area contributed by atoms with Gasteiger partial charge in [-0.25, -0.2) is 4.79 Å². The lowest BCUT2D eigenvalue weighted by Gasteiger charge is -2.32. The number of likely N-dealkylation sites (N-methyl/N-ethyl adjacent to an activating group) is 1. The molecular weight excluding hydrogens is 244 g/mol. The molecule has 1 aromatic carbocycles. The van der Waals surface area contributed by atoms with E-state index in [2.05, 4.69) is 27.0 Å². The van der Waals surface area contributed by atoms with Crippen LogP contribution in [0.3, 0.4) is 0 Å². The zero-order chi connectivity index (χ0) is 13.4. The molecule has 1 saturated heterocycles. The summed E-state index contributed by atoms with van der Waals surface area (Å²) in [6.07, 6.45) is 0. The maximum atomic E-state index is 11.0. The van der Waals surface area contributed by atoms with E-state index >= 15 is 0 Å². The molecular formula is C13H16N4O2. The number of H-pyrrole nitrogens is 1. The number of nitrogens with one attached hydrogen (secondary N) is 1. The van der Waals surface area contributed by atoms with Gasteiger partial charge in [-0.05, 0) is 25.2 Å². The van der Waals surface area contributed by atoms with Crippen LogP contribution in [0.4, 0.5) is 5.82 Å². The fourth-order valence-electron chi connectivity index (χ4n) is 2.39. The van der Waals surface area contributed by atoms with E-state index < -0.39 is 5.97 Å². The Morgan fingerprint density at radius 1 is 1.32 bits per heavy atom. The first-order valence-electron chi connectivity index (χ1n) is 6.30. The number of rotatable bonds is 2. The Hall–Kier alpha value is -2.08. The number of aromatic amines is 1. The Kier molecular flexibility index (Phi) is 2.87. The second kappa shape index (κ2) is 4.55. The molecule has 0 radical (unpaired) electrons. The average molecular weight is 260 g/mol. The molecule has 1 fully saturated rings. The SMILES string of the molecule is CN1CCN(c2n[nH]c3ccc(C(=O)O)cc23)CC1. The van der Waals surface area contributed by atoms with Crippen molar-refractivity contribution in [2.45, 2.75) is 0 Å². The van der Waals surface area contributed by atoms with Gasteiger partial charge in [-0.1, -0.05) is 0 Å². The van der Waals surface area contributed by atoms with Crippen molar-refractivity contribution in [2.24, 2.45) is 0 Å². The lowest BCUT2D eigenvalue weighted by atomic mass is 10.1. The highest BCUT2D eigenvalue weighted by molar-refractivity contribution is 5.97. The zero-order valence-electron chi connectivity index (χ0n) is 10.8. The fraction of sp³-hybridized carbons (Fsp3) is 0.385. The van der Waals surface area contributed by atoms with Gasteiger partial charge in [0.2, 0.25) is 0 Å². The van der Waals surface area contributed by atoms with Crippen LogP contribution in [0.15, 0.2) is 18.2 Å². The van der Waals surface area contributed by atoms with Crippen molar-refractivity contribution in [3.8, 4) is 0 Å². The van der Waals surface area contributed by atoms with Crippen molar-refractivity contribution in [2.75, 3.05) is 38.1 Å². The highest BCUT2D eigenvalue weighted by atomic mass is 16.4. The minimum atomic E-state index is -0.910. The van der Waals surface area contributed by atoms with Crippen LogP contribution in [-0.4, -0.2) is 59.4 Å². The third kappa shape index (κ3) is 2.15. The van der Waals surface area contributed by atoms with E-state index in [1.165, 1.54) is 0 Å². The molecule has 0 unspecified atom stereocenters. The van der Waals surface area contributed by atoms with Crippen molar-refractivity contribution >= 4 is 22.7 Å². The van der Waals surface area contributed by atoms with Crippen LogP contribution in [-0.2, 0) is 0 Å². The third-order valence-corrected chi connectivity index (χ3v) is 3.59. The van der Waals surface area contributed by atoms with Gasteiger partial charge in [0.25, 0.3) is 0 Å². The summed E-state index contributed by atoms with van der Waals surface area (Å²) in [6, 6.07) is 5.05. The number of fused-ring (bicyclic) bond motifs is 1. The number of carboxylic acid groups (broad SMARTS) is 1. The van der Waals surface area contributed by atoms with E-state index in [0.717, 1.165) is 42.9 Å². The molecule has 0 atom stereocenters. The van der Waals surface area contributed by atoms with Crippen LogP contribution >= 0.6 is 0 Å². The summed E-state index contributed by atoms with van der Waals surface area (Å²) in [6.45, 7) is 3.81. The smallest absolute Gasteiger partial charge is 0.335 e. The van der Waals surface area contributed by atoms with Crippen molar-refractivity contribution in [3.63, 3.8) is 0 Å². The Morgan fingerprint density at radius 2 is 2.05 bits per heavy atom. The second-order valence-electron chi connectivity index (χ2n) is 4.90. The van der Waals surface area contributed by atoms with Gasteiger partial charge < -0.3 is 14.9 Å². The van der Waals surface area contributed by atoms with Gasteiger partial charge in [-0.3, -0.25) is 5.10 Å². The Bertz CT molecular complexity index is 614. The molecule has 0 aliphatic carbocycles. The lowest BCUT2D eigenvalue weighted by molar-refractivity contribution is 0.0697. The minimum absolute atomic E-state index is 0.296. The molecule has 1 aliphatic rings. The van der Waals surface area contributed by atoms with Crippen molar-refractivity contribution in [1.29, 1.82) is 0 Å². The standard InChI is InChI=1S/C13H16N4O2/c1-16-4-6-17(7-5-16)12-10-8-9(13(18)19)2-3-11(10)14-15-12/h2-3,8H,4-7H2,1H3,(H,14,15)(H,18,19). The van der Waals surface area contributed by atoms with Crippen LogP contribution in [0.2, 0.25) is 0 Å². The molecule has 0 amide bonds. The number of nitrogens with zero attached hydrogens (tertiary/aromatic N) is 3. The monoisotopic (exact) mass is 260 g/mol. The number of benzene rings is 1. The molecule has 0 bridgehead atoms. The van der Waals surface area contributed by atoms with E-state index in [-0.39, 0.29) is 0 Å². The number of piperazine rings is 1. The van der Waals surface area contributed by atoms with Gasteiger partial charge in [0, 0.05) is 31.6 Å². The van der Waals surface area contributed by atoms with Crippen LogP contribution in [0.25, 0.3) is 10.9 Å². The molecule has 2 heterocycles. The Balaban J connectivity index is 1.99. The summed E-state index contributed by atoms with van der Waals surface area (Å²) in [5, 5.41) is 17.2. The molecule has 100 valence electrons. The number of carboxylic acids is 1. The molecule has 1 aromatic heterocycles. The lowest BCUT2D eigenvalue weighted by Crippen LogP contribution is -2.44. The number of hydrogen-bond acceptors (Lipinski definition) is 4. The Morgan fingerprint density at radius 3 is 2.74 bits per heavy atom. The first-order chi connectivity index (χ1) is 9.15. The highest BCUT2D eigenvalue weighted by Crippen LogP contribution is 2.25. The van der Waals surface area contributed by atoms with Crippen molar-refractivity contribution in [3.05, 3.63) is 23.8 Å². The topological polar surface area (TPSA) is 72.5 Å². The van der Waals surface area contributed by atoms with Crippen LogP contribution < -0.4 is 4.90 Å². The Labute approximate surface area is 110 Å². The number of aromatic carboxylic acids is 1. The normalized spacial score (nSPS) is 17.0. The predicted molar refractivity (Wildman–Crippen MR) is 72.8 cm³/mol. The van der Waals surface area contributed by atoms with Gasteiger partial charge in [0.15, 0.2) is 5.82 Å². The average Bonchev–Trinajstić information content (AvgIpc) is 2.82. The van der Waals surface area contributed by atoms with Gasteiger partial charge in [-0.2, -0.15) is 5.10 Å². The summed E-state index contributed by atoms with van der Waals surface area (Å²) in [7, 11) is 2.10. The largest absolute Gasteiger partial charge is 0.478 e. The quantitative estimate of drug-likeness (QED) is 0.843. The molecule has 2 N–H and O–H groups in total. The molecule has 6 nitrogen and oxygen atoms in total. The number of aromatic nitrogens is 2. The number of anilines is 1. The number of hydrogen-bond donors (Lipinski definition) is 2. The van der Waals surface area contributed by atoms with Crippen LogP contribution in [0.1, 0.15) is 10.4 Å². The second-order valence-corrected chi connectivity index (χ2v) is 4.90. The minimum Gasteiger partial charge on any atom is -0.478 e. The first-order valence-corrected chi connectivity index (χ1v) is 6.30. The van der Waals surface area contributed by atoms with Gasteiger partial charge in [0.1, 0.15) is 0 Å². The predicted octanol–water partition coefficient (Wildman–Crippen LogP) is 1.01. The first kappa shape index (κ1) is 12.0. The van der Waals surface area contributed by atoms with Crippen LogP contribution in [0, 0.1) is 0 Å². The third-order valence-electron chi connectivity index (χ3n) is 3.59. The van der Waals surface area contributed by atoms with E-state index in [1.807, 2.05) is 0 Å². The van der Waals surface area contributed by atoms with E-state index in [4.69, 9.17) is 5.11 Å². The summed E-state index contributed by atoms with van der Waals surface area (Å²) < 4.78 is 0.